The maximum Gasteiger partial charge on any atom is 0.255 e. The van der Waals surface area contributed by atoms with Gasteiger partial charge in [0.05, 0.1) is 11.6 Å². The minimum atomic E-state index is -0.0663. The topological polar surface area (TPSA) is 59.2 Å². The van der Waals surface area contributed by atoms with Crippen molar-refractivity contribution >= 4 is 17.2 Å². The van der Waals surface area contributed by atoms with Crippen LogP contribution in [0.1, 0.15) is 70.5 Å². The Balaban J connectivity index is 1.86. The Bertz CT molecular complexity index is 689. The molecule has 6 heteroatoms. The zero-order valence-electron chi connectivity index (χ0n) is 13.4. The van der Waals surface area contributed by atoms with Gasteiger partial charge in [0.2, 0.25) is 5.89 Å². The second kappa shape index (κ2) is 5.83. The number of rotatable bonds is 3. The zero-order valence-corrected chi connectivity index (χ0v) is 14.2. The number of carbonyl (C=O) groups is 1. The number of amides is 1. The van der Waals surface area contributed by atoms with E-state index in [0.717, 1.165) is 29.8 Å². The lowest BCUT2D eigenvalue weighted by Gasteiger charge is -2.22. The highest BCUT2D eigenvalue weighted by Gasteiger charge is 2.34. The molecule has 0 aromatic carbocycles. The molecule has 1 fully saturated rings. The monoisotopic (exact) mass is 319 g/mol. The molecule has 5 nitrogen and oxygen atoms in total. The summed E-state index contributed by atoms with van der Waals surface area (Å²) in [5.41, 5.74) is 0.807. The maximum atomic E-state index is 12.9. The van der Waals surface area contributed by atoms with Gasteiger partial charge >= 0.3 is 0 Å². The Morgan fingerprint density at radius 1 is 1.45 bits per heavy atom. The first-order valence-electron chi connectivity index (χ1n) is 7.69. The van der Waals surface area contributed by atoms with E-state index in [1.807, 2.05) is 38.7 Å². The van der Waals surface area contributed by atoms with Crippen molar-refractivity contribution in [1.29, 1.82) is 0 Å². The quantitative estimate of drug-likeness (QED) is 0.862. The highest BCUT2D eigenvalue weighted by Crippen LogP contribution is 2.33. The molecule has 1 aliphatic heterocycles. The van der Waals surface area contributed by atoms with Crippen LogP contribution in [0.5, 0.6) is 0 Å². The van der Waals surface area contributed by atoms with Crippen LogP contribution in [0, 0.1) is 13.8 Å². The van der Waals surface area contributed by atoms with E-state index >= 15 is 0 Å². The van der Waals surface area contributed by atoms with E-state index in [1.54, 1.807) is 11.3 Å². The van der Waals surface area contributed by atoms with E-state index in [-0.39, 0.29) is 17.9 Å². The van der Waals surface area contributed by atoms with E-state index < -0.39 is 0 Å². The second-order valence-corrected chi connectivity index (χ2v) is 7.59. The lowest BCUT2D eigenvalue weighted by atomic mass is 10.1. The highest BCUT2D eigenvalue weighted by molar-refractivity contribution is 7.12. The van der Waals surface area contributed by atoms with Crippen LogP contribution in [-0.2, 0) is 0 Å². The van der Waals surface area contributed by atoms with E-state index in [0.29, 0.717) is 11.7 Å². The van der Waals surface area contributed by atoms with Crippen molar-refractivity contribution in [3.8, 4) is 0 Å². The van der Waals surface area contributed by atoms with Crippen molar-refractivity contribution in [1.82, 2.24) is 15.0 Å². The van der Waals surface area contributed by atoms with Crippen LogP contribution >= 0.6 is 11.3 Å². The Kier molecular flexibility index (Phi) is 4.04. The average Bonchev–Trinajstić information content (AvgIpc) is 3.15. The fourth-order valence-electron chi connectivity index (χ4n) is 2.89. The molecule has 3 rings (SSSR count). The number of hydrogen-bond acceptors (Lipinski definition) is 5. The van der Waals surface area contributed by atoms with Gasteiger partial charge in [-0.05, 0) is 32.8 Å². The first kappa shape index (κ1) is 15.2. The van der Waals surface area contributed by atoms with Gasteiger partial charge in [-0.2, -0.15) is 4.98 Å². The molecule has 1 atom stereocenters. The summed E-state index contributed by atoms with van der Waals surface area (Å²) in [6, 6.07) is 1.91. The minimum Gasteiger partial charge on any atom is -0.339 e. The first-order chi connectivity index (χ1) is 10.5. The molecular formula is C16H21N3O2S. The number of aromatic nitrogens is 2. The summed E-state index contributed by atoms with van der Waals surface area (Å²) < 4.78 is 5.30. The lowest BCUT2D eigenvalue weighted by molar-refractivity contribution is 0.0728. The van der Waals surface area contributed by atoms with E-state index in [1.165, 1.54) is 4.88 Å². The van der Waals surface area contributed by atoms with Crippen LogP contribution in [0.25, 0.3) is 0 Å². The number of thiophene rings is 1. The average molecular weight is 319 g/mol. The van der Waals surface area contributed by atoms with Crippen molar-refractivity contribution < 1.29 is 9.32 Å². The fraction of sp³-hybridized carbons (Fsp3) is 0.562. The molecule has 0 saturated carbocycles. The van der Waals surface area contributed by atoms with Crippen molar-refractivity contribution in [3.63, 3.8) is 0 Å². The Morgan fingerprint density at radius 3 is 2.82 bits per heavy atom. The van der Waals surface area contributed by atoms with Gasteiger partial charge in [0.1, 0.15) is 0 Å². The number of nitrogens with zero attached hydrogens (tertiary/aromatic N) is 3. The molecule has 0 N–H and O–H groups in total. The Hall–Kier alpha value is -1.69. The number of carbonyl (C=O) groups excluding carboxylic acids is 1. The van der Waals surface area contributed by atoms with Crippen molar-refractivity contribution in [2.24, 2.45) is 0 Å². The van der Waals surface area contributed by atoms with Gasteiger partial charge in [-0.25, -0.2) is 0 Å². The second-order valence-electron chi connectivity index (χ2n) is 6.13. The molecule has 3 heterocycles. The van der Waals surface area contributed by atoms with Crippen LogP contribution < -0.4 is 0 Å². The maximum absolute atomic E-state index is 12.9. The summed E-state index contributed by atoms with van der Waals surface area (Å²) in [5.74, 6) is 1.56. The lowest BCUT2D eigenvalue weighted by Crippen LogP contribution is -2.31. The summed E-state index contributed by atoms with van der Waals surface area (Å²) >= 11 is 1.66. The standard InChI is InChI=1S/C16H21N3O2S/c1-9(2)15-17-14(18-21-15)13-6-5-7-19(13)16(20)12-8-10(3)22-11(12)4/h8-9,13H,5-7H2,1-4H3/t13-/m1/s1. The van der Waals surface area contributed by atoms with Gasteiger partial charge in [-0.15, -0.1) is 11.3 Å². The van der Waals surface area contributed by atoms with Gasteiger partial charge in [-0.1, -0.05) is 19.0 Å². The molecule has 2 aromatic rings. The summed E-state index contributed by atoms with van der Waals surface area (Å²) in [6.07, 6.45) is 1.87. The minimum absolute atomic E-state index is 0.0663. The van der Waals surface area contributed by atoms with Crippen molar-refractivity contribution in [2.45, 2.75) is 52.5 Å². The largest absolute Gasteiger partial charge is 0.339 e. The third kappa shape index (κ3) is 2.67. The first-order valence-corrected chi connectivity index (χ1v) is 8.50. The van der Waals surface area contributed by atoms with Crippen LogP contribution in [0.3, 0.4) is 0 Å². The van der Waals surface area contributed by atoms with Crippen molar-refractivity contribution in [3.05, 3.63) is 33.1 Å². The van der Waals surface area contributed by atoms with Crippen LogP contribution in [0.4, 0.5) is 0 Å². The van der Waals surface area contributed by atoms with Gasteiger partial charge in [0.25, 0.3) is 5.91 Å². The Morgan fingerprint density at radius 2 is 2.23 bits per heavy atom. The van der Waals surface area contributed by atoms with Crippen LogP contribution in [-0.4, -0.2) is 27.5 Å². The third-order valence-electron chi connectivity index (χ3n) is 4.03. The summed E-state index contributed by atoms with van der Waals surface area (Å²) in [7, 11) is 0. The molecule has 0 spiro atoms. The Labute approximate surface area is 134 Å². The molecule has 118 valence electrons. The van der Waals surface area contributed by atoms with Gasteiger partial charge in [-0.3, -0.25) is 4.79 Å². The molecule has 0 unspecified atom stereocenters. The van der Waals surface area contributed by atoms with Crippen LogP contribution in [0.15, 0.2) is 10.6 Å². The van der Waals surface area contributed by atoms with Crippen molar-refractivity contribution in [2.75, 3.05) is 6.54 Å². The van der Waals surface area contributed by atoms with Gasteiger partial charge < -0.3 is 9.42 Å². The summed E-state index contributed by atoms with van der Waals surface area (Å²) in [6.45, 7) is 8.83. The number of aryl methyl sites for hydroxylation is 2. The molecule has 0 bridgehead atoms. The fourth-order valence-corrected chi connectivity index (χ4v) is 3.81. The zero-order chi connectivity index (χ0) is 15.9. The summed E-state index contributed by atoms with van der Waals surface area (Å²) in [5, 5.41) is 4.10. The predicted octanol–water partition coefficient (Wildman–Crippen LogP) is 3.85. The molecular weight excluding hydrogens is 298 g/mol. The summed E-state index contributed by atoms with van der Waals surface area (Å²) in [4.78, 5) is 21.5. The molecule has 1 saturated heterocycles. The molecule has 0 aliphatic carbocycles. The highest BCUT2D eigenvalue weighted by atomic mass is 32.1. The van der Waals surface area contributed by atoms with Crippen LogP contribution in [0.2, 0.25) is 0 Å². The molecule has 1 amide bonds. The van der Waals surface area contributed by atoms with Gasteiger partial charge in [0, 0.05) is 22.2 Å². The molecule has 0 radical (unpaired) electrons. The predicted molar refractivity (Wildman–Crippen MR) is 85.2 cm³/mol. The molecule has 2 aromatic heterocycles. The molecule has 1 aliphatic rings. The smallest absolute Gasteiger partial charge is 0.255 e. The normalized spacial score (nSPS) is 18.4. The van der Waals surface area contributed by atoms with E-state index in [2.05, 4.69) is 10.1 Å². The van der Waals surface area contributed by atoms with E-state index in [4.69, 9.17) is 4.52 Å². The third-order valence-corrected chi connectivity index (χ3v) is 5.00. The van der Waals surface area contributed by atoms with Gasteiger partial charge in [0.15, 0.2) is 5.82 Å². The number of hydrogen-bond donors (Lipinski definition) is 0. The number of likely N-dealkylation sites (tertiary alicyclic amines) is 1. The molecule has 22 heavy (non-hydrogen) atoms. The van der Waals surface area contributed by atoms with E-state index in [9.17, 15) is 4.79 Å². The SMILES string of the molecule is Cc1cc(C(=O)N2CCC[C@@H]2c2noc(C(C)C)n2)c(C)s1.